The molecule has 1 aromatic heterocycles. The SMILES string of the molecule is C1CCCCC1.Clc1ccc2[nH]ccc2c1.NC[C@H]1CCCO1. The molecule has 0 unspecified atom stereocenters. The van der Waals surface area contributed by atoms with Gasteiger partial charge in [0.2, 0.25) is 0 Å². The van der Waals surface area contributed by atoms with Crippen LogP contribution in [0.25, 0.3) is 10.9 Å². The highest BCUT2D eigenvalue weighted by atomic mass is 35.5. The van der Waals surface area contributed by atoms with Crippen LogP contribution in [0.2, 0.25) is 5.02 Å². The summed E-state index contributed by atoms with van der Waals surface area (Å²) in [4.78, 5) is 3.09. The molecule has 4 heteroatoms. The predicted octanol–water partition coefficient (Wildman–Crippen LogP) is 5.29. The van der Waals surface area contributed by atoms with Gasteiger partial charge in [-0.15, -0.1) is 0 Å². The first-order valence-corrected chi connectivity index (χ1v) is 9.21. The molecule has 0 bridgehead atoms. The van der Waals surface area contributed by atoms with E-state index in [9.17, 15) is 0 Å². The van der Waals surface area contributed by atoms with E-state index < -0.39 is 0 Å². The molecule has 0 spiro atoms. The molecule has 2 heterocycles. The predicted molar refractivity (Wildman–Crippen MR) is 99.0 cm³/mol. The molecule has 128 valence electrons. The Morgan fingerprint density at radius 1 is 1.04 bits per heavy atom. The van der Waals surface area contributed by atoms with Crippen LogP contribution in [-0.4, -0.2) is 24.2 Å². The summed E-state index contributed by atoms with van der Waals surface area (Å²) in [5, 5.41) is 1.94. The average Bonchev–Trinajstić information content (AvgIpc) is 3.28. The van der Waals surface area contributed by atoms with Crippen molar-refractivity contribution in [3.63, 3.8) is 0 Å². The molecular weight excluding hydrogens is 308 g/mol. The number of nitrogens with two attached hydrogens (primary N) is 1. The van der Waals surface area contributed by atoms with Crippen molar-refractivity contribution < 1.29 is 4.74 Å². The highest BCUT2D eigenvalue weighted by molar-refractivity contribution is 6.31. The Hall–Kier alpha value is -1.03. The lowest BCUT2D eigenvalue weighted by molar-refractivity contribution is 0.117. The van der Waals surface area contributed by atoms with Gasteiger partial charge < -0.3 is 15.5 Å². The highest BCUT2D eigenvalue weighted by Crippen LogP contribution is 2.17. The monoisotopic (exact) mass is 336 g/mol. The number of ether oxygens (including phenoxy) is 1. The van der Waals surface area contributed by atoms with Crippen LogP contribution >= 0.6 is 11.6 Å². The van der Waals surface area contributed by atoms with E-state index in [1.807, 2.05) is 30.5 Å². The molecular formula is C19H29ClN2O. The standard InChI is InChI=1S/C8H6ClN.C6H12.C5H11NO/c9-7-1-2-8-6(5-7)3-4-10-8;1-2-4-6-5-3-1;6-4-5-2-1-3-7-5/h1-5,10H;1-6H2;5H,1-4,6H2/t;;5-/m..1/s1. The highest BCUT2D eigenvalue weighted by Gasteiger charge is 2.11. The summed E-state index contributed by atoms with van der Waals surface area (Å²) < 4.78 is 5.18. The minimum Gasteiger partial charge on any atom is -0.377 e. The van der Waals surface area contributed by atoms with Gasteiger partial charge in [-0.1, -0.05) is 50.1 Å². The minimum absolute atomic E-state index is 0.375. The number of halogens is 1. The van der Waals surface area contributed by atoms with E-state index in [0.29, 0.717) is 12.6 Å². The van der Waals surface area contributed by atoms with Crippen molar-refractivity contribution in [1.29, 1.82) is 0 Å². The van der Waals surface area contributed by atoms with Crippen LogP contribution in [0.4, 0.5) is 0 Å². The normalized spacial score (nSPS) is 20.3. The van der Waals surface area contributed by atoms with Crippen LogP contribution in [0, 0.1) is 0 Å². The van der Waals surface area contributed by atoms with E-state index in [-0.39, 0.29) is 0 Å². The summed E-state index contributed by atoms with van der Waals surface area (Å²) in [6.45, 7) is 1.61. The lowest BCUT2D eigenvalue weighted by atomic mass is 10.0. The maximum absolute atomic E-state index is 5.76. The van der Waals surface area contributed by atoms with Gasteiger partial charge in [-0.3, -0.25) is 0 Å². The maximum Gasteiger partial charge on any atom is 0.0698 e. The fourth-order valence-corrected chi connectivity index (χ4v) is 3.10. The molecule has 1 aromatic carbocycles. The van der Waals surface area contributed by atoms with Gasteiger partial charge in [-0.25, -0.2) is 0 Å². The van der Waals surface area contributed by atoms with E-state index >= 15 is 0 Å². The first-order valence-electron chi connectivity index (χ1n) is 8.84. The molecule has 4 rings (SSSR count). The topological polar surface area (TPSA) is 51.0 Å². The maximum atomic E-state index is 5.76. The van der Waals surface area contributed by atoms with E-state index in [1.54, 1.807) is 0 Å². The second-order valence-corrected chi connectivity index (χ2v) is 6.64. The van der Waals surface area contributed by atoms with Crippen LogP contribution in [0.3, 0.4) is 0 Å². The van der Waals surface area contributed by atoms with Crippen molar-refractivity contribution in [2.45, 2.75) is 57.5 Å². The van der Waals surface area contributed by atoms with Gasteiger partial charge in [0, 0.05) is 35.3 Å². The Bertz CT molecular complexity index is 534. The molecule has 1 saturated carbocycles. The first kappa shape index (κ1) is 18.3. The van der Waals surface area contributed by atoms with E-state index in [0.717, 1.165) is 29.0 Å². The Morgan fingerprint density at radius 3 is 2.26 bits per heavy atom. The van der Waals surface area contributed by atoms with E-state index in [1.165, 1.54) is 44.9 Å². The molecule has 0 radical (unpaired) electrons. The van der Waals surface area contributed by atoms with Gasteiger partial charge in [0.25, 0.3) is 0 Å². The summed E-state index contributed by atoms with van der Waals surface area (Å²) >= 11 is 5.76. The smallest absolute Gasteiger partial charge is 0.0698 e. The fourth-order valence-electron chi connectivity index (χ4n) is 2.92. The number of hydrogen-bond acceptors (Lipinski definition) is 2. The molecule has 1 aliphatic carbocycles. The van der Waals surface area contributed by atoms with Gasteiger partial charge >= 0.3 is 0 Å². The Kier molecular flexibility index (Phi) is 8.51. The number of hydrogen-bond donors (Lipinski definition) is 2. The molecule has 23 heavy (non-hydrogen) atoms. The van der Waals surface area contributed by atoms with Crippen LogP contribution in [0.1, 0.15) is 51.4 Å². The molecule has 2 aliphatic rings. The lowest BCUT2D eigenvalue weighted by Gasteiger charge is -2.05. The molecule has 3 nitrogen and oxygen atoms in total. The second-order valence-electron chi connectivity index (χ2n) is 6.20. The van der Waals surface area contributed by atoms with E-state index in [4.69, 9.17) is 22.1 Å². The van der Waals surface area contributed by atoms with Crippen LogP contribution < -0.4 is 5.73 Å². The number of rotatable bonds is 1. The van der Waals surface area contributed by atoms with Crippen molar-refractivity contribution in [3.05, 3.63) is 35.5 Å². The third-order valence-electron chi connectivity index (χ3n) is 4.30. The summed E-state index contributed by atoms with van der Waals surface area (Å²) in [5.41, 5.74) is 6.44. The summed E-state index contributed by atoms with van der Waals surface area (Å²) in [5.74, 6) is 0. The van der Waals surface area contributed by atoms with E-state index in [2.05, 4.69) is 4.98 Å². The summed E-state index contributed by atoms with van der Waals surface area (Å²) in [6, 6.07) is 7.78. The number of nitrogens with one attached hydrogen (secondary N) is 1. The van der Waals surface area contributed by atoms with Gasteiger partial charge in [0.1, 0.15) is 0 Å². The molecule has 2 fully saturated rings. The minimum atomic E-state index is 0.375. The lowest BCUT2D eigenvalue weighted by Crippen LogP contribution is -2.17. The zero-order valence-electron chi connectivity index (χ0n) is 13.9. The van der Waals surface area contributed by atoms with Gasteiger partial charge in [0.15, 0.2) is 0 Å². The van der Waals surface area contributed by atoms with Crippen molar-refractivity contribution in [2.75, 3.05) is 13.2 Å². The van der Waals surface area contributed by atoms with Crippen molar-refractivity contribution >= 4 is 22.5 Å². The second kappa shape index (κ2) is 10.7. The van der Waals surface area contributed by atoms with Gasteiger partial charge in [-0.2, -0.15) is 0 Å². The molecule has 1 saturated heterocycles. The van der Waals surface area contributed by atoms with Gasteiger partial charge in [-0.05, 0) is 37.1 Å². The molecule has 1 aliphatic heterocycles. The van der Waals surface area contributed by atoms with Crippen LogP contribution in [0.15, 0.2) is 30.5 Å². The fraction of sp³-hybridized carbons (Fsp3) is 0.579. The van der Waals surface area contributed by atoms with Crippen molar-refractivity contribution in [2.24, 2.45) is 5.73 Å². The quantitative estimate of drug-likeness (QED) is 0.743. The summed E-state index contributed by atoms with van der Waals surface area (Å²) in [7, 11) is 0. The van der Waals surface area contributed by atoms with Gasteiger partial charge in [0.05, 0.1) is 6.10 Å². The third-order valence-corrected chi connectivity index (χ3v) is 4.54. The number of benzene rings is 1. The van der Waals surface area contributed by atoms with Crippen LogP contribution in [0.5, 0.6) is 0 Å². The number of H-pyrrole nitrogens is 1. The Labute approximate surface area is 144 Å². The number of aromatic nitrogens is 1. The third kappa shape index (κ3) is 6.94. The molecule has 1 atom stereocenters. The van der Waals surface area contributed by atoms with Crippen molar-refractivity contribution in [1.82, 2.24) is 4.98 Å². The Balaban J connectivity index is 0.000000131. The number of fused-ring (bicyclic) bond motifs is 1. The zero-order chi connectivity index (χ0) is 16.3. The first-order chi connectivity index (χ1) is 11.3. The van der Waals surface area contributed by atoms with Crippen LogP contribution in [-0.2, 0) is 4.74 Å². The number of aromatic amines is 1. The summed E-state index contributed by atoms with van der Waals surface area (Å²) in [6.07, 6.45) is 13.6. The Morgan fingerprint density at radius 2 is 1.74 bits per heavy atom. The largest absolute Gasteiger partial charge is 0.377 e. The zero-order valence-corrected chi connectivity index (χ0v) is 14.7. The molecule has 2 aromatic rings. The van der Waals surface area contributed by atoms with Crippen molar-refractivity contribution in [3.8, 4) is 0 Å². The molecule has 3 N–H and O–H groups in total. The molecule has 0 amide bonds. The average molecular weight is 337 g/mol.